The molecule has 2 unspecified atom stereocenters. The van der Waals surface area contributed by atoms with E-state index in [1.165, 1.54) is 11.3 Å². The number of hydrogen-bond acceptors (Lipinski definition) is 4. The van der Waals surface area contributed by atoms with Crippen LogP contribution in [0.3, 0.4) is 0 Å². The van der Waals surface area contributed by atoms with E-state index in [0.717, 1.165) is 12.8 Å². The SMILES string of the molecule is CC(NC(=O)NC(C(=O)O)c1cccs1)C1CCOCC1. The average Bonchev–Trinajstić information content (AvgIpc) is 2.99. The van der Waals surface area contributed by atoms with E-state index in [2.05, 4.69) is 10.6 Å². The summed E-state index contributed by atoms with van der Waals surface area (Å²) in [5.41, 5.74) is 0. The van der Waals surface area contributed by atoms with E-state index in [0.29, 0.717) is 24.0 Å². The predicted molar refractivity (Wildman–Crippen MR) is 79.4 cm³/mol. The van der Waals surface area contributed by atoms with Crippen molar-refractivity contribution in [2.45, 2.75) is 31.8 Å². The molecule has 116 valence electrons. The van der Waals surface area contributed by atoms with Crippen LogP contribution in [0.5, 0.6) is 0 Å². The summed E-state index contributed by atoms with van der Waals surface area (Å²) in [7, 11) is 0. The van der Waals surface area contributed by atoms with Crippen molar-refractivity contribution >= 4 is 23.3 Å². The molecule has 1 aromatic rings. The average molecular weight is 312 g/mol. The molecule has 3 N–H and O–H groups in total. The summed E-state index contributed by atoms with van der Waals surface area (Å²) in [5.74, 6) is -0.694. The number of carboxylic acid groups (broad SMARTS) is 1. The van der Waals surface area contributed by atoms with Gasteiger partial charge < -0.3 is 20.5 Å². The lowest BCUT2D eigenvalue weighted by Crippen LogP contribution is -2.47. The van der Waals surface area contributed by atoms with E-state index < -0.39 is 18.0 Å². The molecule has 1 aliphatic heterocycles. The third-order valence-corrected chi connectivity index (χ3v) is 4.62. The lowest BCUT2D eigenvalue weighted by Gasteiger charge is -2.28. The molecule has 1 saturated heterocycles. The quantitative estimate of drug-likeness (QED) is 0.776. The summed E-state index contributed by atoms with van der Waals surface area (Å²) in [5, 5.41) is 16.4. The molecule has 0 spiro atoms. The van der Waals surface area contributed by atoms with Crippen LogP contribution in [0.25, 0.3) is 0 Å². The van der Waals surface area contributed by atoms with Crippen molar-refractivity contribution in [1.82, 2.24) is 10.6 Å². The number of aliphatic carboxylic acids is 1. The molecular formula is C14H20N2O4S. The van der Waals surface area contributed by atoms with Gasteiger partial charge in [-0.3, -0.25) is 0 Å². The molecule has 1 aromatic heterocycles. The second-order valence-electron chi connectivity index (χ2n) is 5.14. The molecule has 2 atom stereocenters. The minimum absolute atomic E-state index is 0.00770. The Morgan fingerprint density at radius 3 is 2.67 bits per heavy atom. The number of urea groups is 1. The molecule has 0 aliphatic carbocycles. The Balaban J connectivity index is 1.88. The summed E-state index contributed by atoms with van der Waals surface area (Å²) in [4.78, 5) is 23.9. The zero-order chi connectivity index (χ0) is 15.2. The fourth-order valence-corrected chi connectivity index (χ4v) is 3.19. The minimum atomic E-state index is -1.06. The van der Waals surface area contributed by atoms with Gasteiger partial charge in [0.05, 0.1) is 0 Å². The maximum atomic E-state index is 12.0. The van der Waals surface area contributed by atoms with Gasteiger partial charge in [-0.05, 0) is 37.1 Å². The second kappa shape index (κ2) is 7.42. The lowest BCUT2D eigenvalue weighted by atomic mass is 9.93. The Kier molecular flexibility index (Phi) is 5.58. The molecule has 2 heterocycles. The topological polar surface area (TPSA) is 87.7 Å². The molecule has 0 radical (unpaired) electrons. The van der Waals surface area contributed by atoms with Crippen LogP contribution >= 0.6 is 11.3 Å². The van der Waals surface area contributed by atoms with Gasteiger partial charge in [0.25, 0.3) is 0 Å². The molecule has 0 bridgehead atoms. The molecule has 6 nitrogen and oxygen atoms in total. The van der Waals surface area contributed by atoms with Crippen LogP contribution in [-0.2, 0) is 9.53 Å². The summed E-state index contributed by atoms with van der Waals surface area (Å²) in [6, 6.07) is 2.00. The van der Waals surface area contributed by atoms with E-state index in [9.17, 15) is 14.7 Å². The predicted octanol–water partition coefficient (Wildman–Crippen LogP) is 1.99. The second-order valence-corrected chi connectivity index (χ2v) is 6.12. The summed E-state index contributed by atoms with van der Waals surface area (Å²) >= 11 is 1.31. The first-order valence-electron chi connectivity index (χ1n) is 6.99. The number of carbonyl (C=O) groups is 2. The van der Waals surface area contributed by atoms with Crippen LogP contribution in [0.2, 0.25) is 0 Å². The maximum absolute atomic E-state index is 12.0. The molecule has 2 rings (SSSR count). The van der Waals surface area contributed by atoms with Crippen molar-refractivity contribution in [3.8, 4) is 0 Å². The number of carboxylic acids is 1. The number of thiophene rings is 1. The summed E-state index contributed by atoms with van der Waals surface area (Å²) < 4.78 is 5.30. The summed E-state index contributed by atoms with van der Waals surface area (Å²) in [6.07, 6.45) is 1.82. The third-order valence-electron chi connectivity index (χ3n) is 3.68. The smallest absolute Gasteiger partial charge is 0.331 e. The molecule has 21 heavy (non-hydrogen) atoms. The van der Waals surface area contributed by atoms with Gasteiger partial charge in [-0.25, -0.2) is 9.59 Å². The fourth-order valence-electron chi connectivity index (χ4n) is 2.42. The number of nitrogens with one attached hydrogen (secondary N) is 2. The Morgan fingerprint density at radius 2 is 2.10 bits per heavy atom. The highest BCUT2D eigenvalue weighted by atomic mass is 32.1. The normalized spacial score (nSPS) is 18.7. The first kappa shape index (κ1) is 15.8. The number of amides is 2. The number of carbonyl (C=O) groups excluding carboxylic acids is 1. The number of ether oxygens (including phenoxy) is 1. The van der Waals surface area contributed by atoms with Crippen LogP contribution in [0.1, 0.15) is 30.7 Å². The van der Waals surface area contributed by atoms with Gasteiger partial charge in [0.1, 0.15) is 0 Å². The van der Waals surface area contributed by atoms with Crippen LogP contribution in [-0.4, -0.2) is 36.4 Å². The van der Waals surface area contributed by atoms with Crippen molar-refractivity contribution < 1.29 is 19.4 Å². The zero-order valence-electron chi connectivity index (χ0n) is 11.9. The van der Waals surface area contributed by atoms with E-state index in [1.54, 1.807) is 17.5 Å². The van der Waals surface area contributed by atoms with Crippen LogP contribution < -0.4 is 10.6 Å². The Bertz CT molecular complexity index is 471. The van der Waals surface area contributed by atoms with Crippen LogP contribution in [0.4, 0.5) is 4.79 Å². The molecule has 2 amide bonds. The highest BCUT2D eigenvalue weighted by Crippen LogP contribution is 2.20. The van der Waals surface area contributed by atoms with Crippen molar-refractivity contribution in [2.24, 2.45) is 5.92 Å². The van der Waals surface area contributed by atoms with Gasteiger partial charge in [-0.15, -0.1) is 11.3 Å². The highest BCUT2D eigenvalue weighted by Gasteiger charge is 2.26. The van der Waals surface area contributed by atoms with Crippen molar-refractivity contribution in [3.05, 3.63) is 22.4 Å². The van der Waals surface area contributed by atoms with Gasteiger partial charge in [0.15, 0.2) is 6.04 Å². The molecule has 1 aliphatic rings. The zero-order valence-corrected chi connectivity index (χ0v) is 12.7. The standard InChI is InChI=1S/C14H20N2O4S/c1-9(10-4-6-20-7-5-10)15-14(19)16-12(13(17)18)11-3-2-8-21-11/h2-3,8-10,12H,4-7H2,1H3,(H,17,18)(H2,15,16,19). The van der Waals surface area contributed by atoms with Gasteiger partial charge >= 0.3 is 12.0 Å². The van der Waals surface area contributed by atoms with Crippen molar-refractivity contribution in [2.75, 3.05) is 13.2 Å². The third kappa shape index (κ3) is 4.44. The maximum Gasteiger partial charge on any atom is 0.331 e. The highest BCUT2D eigenvalue weighted by molar-refractivity contribution is 7.10. The fraction of sp³-hybridized carbons (Fsp3) is 0.571. The monoisotopic (exact) mass is 312 g/mol. The molecular weight excluding hydrogens is 292 g/mol. The van der Waals surface area contributed by atoms with Crippen molar-refractivity contribution in [1.29, 1.82) is 0 Å². The van der Waals surface area contributed by atoms with E-state index in [-0.39, 0.29) is 6.04 Å². The molecule has 0 aromatic carbocycles. The summed E-state index contributed by atoms with van der Waals surface area (Å²) in [6.45, 7) is 3.37. The molecule has 0 saturated carbocycles. The molecule has 1 fully saturated rings. The van der Waals surface area contributed by atoms with Crippen LogP contribution in [0.15, 0.2) is 17.5 Å². The van der Waals surface area contributed by atoms with E-state index in [1.807, 2.05) is 6.92 Å². The Morgan fingerprint density at radius 1 is 1.38 bits per heavy atom. The Hall–Kier alpha value is -1.60. The first-order valence-corrected chi connectivity index (χ1v) is 7.87. The van der Waals surface area contributed by atoms with Gasteiger partial charge in [-0.1, -0.05) is 6.07 Å². The van der Waals surface area contributed by atoms with Gasteiger partial charge in [-0.2, -0.15) is 0 Å². The number of hydrogen-bond donors (Lipinski definition) is 3. The Labute approximate surface area is 127 Å². The van der Waals surface area contributed by atoms with E-state index in [4.69, 9.17) is 4.74 Å². The van der Waals surface area contributed by atoms with Crippen LogP contribution in [0, 0.1) is 5.92 Å². The van der Waals surface area contributed by atoms with Crippen molar-refractivity contribution in [3.63, 3.8) is 0 Å². The van der Waals surface area contributed by atoms with Gasteiger partial charge in [0.2, 0.25) is 0 Å². The lowest BCUT2D eigenvalue weighted by molar-refractivity contribution is -0.139. The number of rotatable bonds is 5. The van der Waals surface area contributed by atoms with E-state index >= 15 is 0 Å². The minimum Gasteiger partial charge on any atom is -0.479 e. The largest absolute Gasteiger partial charge is 0.479 e. The molecule has 7 heteroatoms. The first-order chi connectivity index (χ1) is 10.1. The van der Waals surface area contributed by atoms with Gasteiger partial charge in [0, 0.05) is 24.1 Å².